The molecule has 5 nitrogen and oxygen atoms in total. The van der Waals surface area contributed by atoms with Crippen LogP contribution in [0, 0.1) is 12.8 Å². The summed E-state index contributed by atoms with van der Waals surface area (Å²) in [5.74, 6) is 0.101. The van der Waals surface area contributed by atoms with Crippen LogP contribution in [0.4, 0.5) is 0 Å². The lowest BCUT2D eigenvalue weighted by Gasteiger charge is -2.24. The van der Waals surface area contributed by atoms with Crippen molar-refractivity contribution in [2.75, 3.05) is 6.54 Å². The molecule has 0 amide bonds. The van der Waals surface area contributed by atoms with E-state index in [0.29, 0.717) is 17.1 Å². The maximum Gasteiger partial charge on any atom is 0.252 e. The normalized spacial score (nSPS) is 12.2. The highest BCUT2D eigenvalue weighted by Gasteiger charge is 2.26. The minimum absolute atomic E-state index is 0.00227. The minimum atomic E-state index is -3.77. The molecule has 1 heterocycles. The zero-order valence-corrected chi connectivity index (χ0v) is 17.6. The number of sulfonamides is 1. The maximum absolute atomic E-state index is 13.2. The third-order valence-electron chi connectivity index (χ3n) is 4.45. The number of fused-ring (bicyclic) bond motifs is 1. The highest BCUT2D eigenvalue weighted by atomic mass is 35.5. The van der Waals surface area contributed by atoms with E-state index in [9.17, 15) is 13.2 Å². The molecule has 1 N–H and O–H groups in total. The number of benzene rings is 2. The largest absolute Gasteiger partial charge is 0.322 e. The van der Waals surface area contributed by atoms with E-state index in [-0.39, 0.29) is 22.9 Å². The van der Waals surface area contributed by atoms with Gasteiger partial charge in [0.25, 0.3) is 5.56 Å². The lowest BCUT2D eigenvalue weighted by atomic mass is 10.1. The van der Waals surface area contributed by atoms with E-state index in [4.69, 9.17) is 11.6 Å². The van der Waals surface area contributed by atoms with E-state index in [1.165, 1.54) is 16.4 Å². The number of halogens is 1. The van der Waals surface area contributed by atoms with Gasteiger partial charge in [0.1, 0.15) is 0 Å². The van der Waals surface area contributed by atoms with E-state index >= 15 is 0 Å². The van der Waals surface area contributed by atoms with Gasteiger partial charge in [0.15, 0.2) is 0 Å². The summed E-state index contributed by atoms with van der Waals surface area (Å²) in [5, 5.41) is 1.34. The van der Waals surface area contributed by atoms with Gasteiger partial charge in [-0.3, -0.25) is 4.79 Å². The predicted octanol–water partition coefficient (Wildman–Crippen LogP) is 4.34. The molecule has 0 spiro atoms. The summed E-state index contributed by atoms with van der Waals surface area (Å²) in [5.41, 5.74) is 1.92. The Hall–Kier alpha value is -2.15. The monoisotopic (exact) mass is 418 g/mol. The number of hydrogen-bond donors (Lipinski definition) is 1. The predicted molar refractivity (Wildman–Crippen MR) is 113 cm³/mol. The molecule has 0 saturated heterocycles. The van der Waals surface area contributed by atoms with Crippen molar-refractivity contribution >= 4 is 32.5 Å². The Morgan fingerprint density at radius 2 is 1.75 bits per heavy atom. The molecular weight excluding hydrogens is 396 g/mol. The molecule has 0 aliphatic carbocycles. The van der Waals surface area contributed by atoms with E-state index in [1.807, 2.05) is 39.0 Å². The first-order valence-electron chi connectivity index (χ1n) is 9.05. The standard InChI is InChI=1S/C21H23ClN2O3S/c1-14(2)12-24(28(26,27)19-8-6-18(22)7-9-19)13-17-11-16-5-4-15(3)10-20(16)23-21(17)25/h4-11,14H,12-13H2,1-3H3,(H,23,25). The summed E-state index contributed by atoms with van der Waals surface area (Å²) in [4.78, 5) is 15.6. The zero-order chi connectivity index (χ0) is 20.5. The van der Waals surface area contributed by atoms with Crippen molar-refractivity contribution in [3.63, 3.8) is 0 Å². The number of nitrogens with zero attached hydrogens (tertiary/aromatic N) is 1. The second kappa shape index (κ2) is 8.07. The van der Waals surface area contributed by atoms with Crippen LogP contribution in [0.3, 0.4) is 0 Å². The lowest BCUT2D eigenvalue weighted by Crippen LogP contribution is -2.35. The molecule has 0 fully saturated rings. The fourth-order valence-electron chi connectivity index (χ4n) is 3.08. The fraction of sp³-hybridized carbons (Fsp3) is 0.286. The summed E-state index contributed by atoms with van der Waals surface area (Å²) in [7, 11) is -3.77. The van der Waals surface area contributed by atoms with Crippen molar-refractivity contribution in [2.45, 2.75) is 32.2 Å². The van der Waals surface area contributed by atoms with E-state index in [1.54, 1.807) is 18.2 Å². The Kier molecular flexibility index (Phi) is 5.93. The number of pyridine rings is 1. The molecule has 148 valence electrons. The van der Waals surface area contributed by atoms with Crippen molar-refractivity contribution in [3.8, 4) is 0 Å². The van der Waals surface area contributed by atoms with Crippen LogP contribution in [-0.2, 0) is 16.6 Å². The van der Waals surface area contributed by atoms with Gasteiger partial charge in [-0.1, -0.05) is 37.6 Å². The summed E-state index contributed by atoms with van der Waals surface area (Å²) >= 11 is 5.89. The Bertz CT molecular complexity index is 1150. The van der Waals surface area contributed by atoms with Crippen LogP contribution in [0.2, 0.25) is 5.02 Å². The lowest BCUT2D eigenvalue weighted by molar-refractivity contribution is 0.361. The first-order chi connectivity index (χ1) is 13.2. The number of hydrogen-bond acceptors (Lipinski definition) is 3. The van der Waals surface area contributed by atoms with Crippen molar-refractivity contribution in [2.24, 2.45) is 5.92 Å². The number of aryl methyl sites for hydroxylation is 1. The van der Waals surface area contributed by atoms with Crippen LogP contribution < -0.4 is 5.56 Å². The zero-order valence-electron chi connectivity index (χ0n) is 16.1. The molecule has 1 aromatic heterocycles. The molecule has 0 aliphatic heterocycles. The van der Waals surface area contributed by atoms with Crippen molar-refractivity contribution in [1.82, 2.24) is 9.29 Å². The molecule has 0 unspecified atom stereocenters. The molecule has 2 aromatic carbocycles. The Labute approximate surface area is 170 Å². The Morgan fingerprint density at radius 1 is 1.07 bits per heavy atom. The van der Waals surface area contributed by atoms with Crippen molar-refractivity contribution < 1.29 is 8.42 Å². The van der Waals surface area contributed by atoms with Crippen molar-refractivity contribution in [1.29, 1.82) is 0 Å². The van der Waals surface area contributed by atoms with Gasteiger partial charge in [0.05, 0.1) is 4.90 Å². The summed E-state index contributed by atoms with van der Waals surface area (Å²) < 4.78 is 27.7. The first kappa shape index (κ1) is 20.6. The summed E-state index contributed by atoms with van der Waals surface area (Å²) in [6.07, 6.45) is 0. The summed E-state index contributed by atoms with van der Waals surface area (Å²) in [6.45, 7) is 6.14. The van der Waals surface area contributed by atoms with Crippen LogP contribution >= 0.6 is 11.6 Å². The molecule has 0 saturated carbocycles. The van der Waals surface area contributed by atoms with Crippen LogP contribution in [0.25, 0.3) is 10.9 Å². The van der Waals surface area contributed by atoms with E-state index in [2.05, 4.69) is 4.98 Å². The minimum Gasteiger partial charge on any atom is -0.322 e. The second-order valence-electron chi connectivity index (χ2n) is 7.36. The molecule has 0 radical (unpaired) electrons. The SMILES string of the molecule is Cc1ccc2cc(CN(CC(C)C)S(=O)(=O)c3ccc(Cl)cc3)c(=O)[nH]c2c1. The molecule has 7 heteroatoms. The smallest absolute Gasteiger partial charge is 0.252 e. The van der Waals surface area contributed by atoms with Gasteiger partial charge in [-0.15, -0.1) is 0 Å². The van der Waals surface area contributed by atoms with Gasteiger partial charge in [-0.2, -0.15) is 4.31 Å². The van der Waals surface area contributed by atoms with Crippen LogP contribution in [0.5, 0.6) is 0 Å². The fourth-order valence-corrected chi connectivity index (χ4v) is 4.79. The number of H-pyrrole nitrogens is 1. The molecular formula is C21H23ClN2O3S. The number of aromatic nitrogens is 1. The summed E-state index contributed by atoms with van der Waals surface area (Å²) in [6, 6.07) is 13.6. The third-order valence-corrected chi connectivity index (χ3v) is 6.52. The van der Waals surface area contributed by atoms with Crippen LogP contribution in [0.1, 0.15) is 25.0 Å². The molecule has 3 rings (SSSR count). The van der Waals surface area contributed by atoms with Crippen LogP contribution in [0.15, 0.2) is 58.2 Å². The topological polar surface area (TPSA) is 70.2 Å². The first-order valence-corrected chi connectivity index (χ1v) is 10.9. The van der Waals surface area contributed by atoms with Gasteiger partial charge < -0.3 is 4.98 Å². The van der Waals surface area contributed by atoms with Gasteiger partial charge >= 0.3 is 0 Å². The number of aromatic amines is 1. The number of rotatable bonds is 6. The molecule has 0 bridgehead atoms. The average molecular weight is 419 g/mol. The second-order valence-corrected chi connectivity index (χ2v) is 9.73. The van der Waals surface area contributed by atoms with E-state index < -0.39 is 10.0 Å². The van der Waals surface area contributed by atoms with Gasteiger partial charge in [0.2, 0.25) is 10.0 Å². The van der Waals surface area contributed by atoms with Crippen molar-refractivity contribution in [3.05, 3.63) is 75.0 Å². The van der Waals surface area contributed by atoms with Gasteiger partial charge in [-0.05, 0) is 60.2 Å². The molecule has 0 aliphatic rings. The highest BCUT2D eigenvalue weighted by molar-refractivity contribution is 7.89. The third kappa shape index (κ3) is 4.46. The van der Waals surface area contributed by atoms with Crippen LogP contribution in [-0.4, -0.2) is 24.3 Å². The Morgan fingerprint density at radius 3 is 2.39 bits per heavy atom. The molecule has 3 aromatic rings. The quantitative estimate of drug-likeness (QED) is 0.647. The molecule has 0 atom stereocenters. The molecule has 28 heavy (non-hydrogen) atoms. The average Bonchev–Trinajstić information content (AvgIpc) is 2.62. The van der Waals surface area contributed by atoms with Gasteiger partial charge in [-0.25, -0.2) is 8.42 Å². The Balaban J connectivity index is 2.02. The maximum atomic E-state index is 13.2. The number of nitrogens with one attached hydrogen (secondary N) is 1. The highest BCUT2D eigenvalue weighted by Crippen LogP contribution is 2.22. The van der Waals surface area contributed by atoms with E-state index in [0.717, 1.165) is 16.5 Å². The van der Waals surface area contributed by atoms with Gasteiger partial charge in [0, 0.05) is 29.2 Å².